The first-order valence-electron chi connectivity index (χ1n) is 7.16. The lowest BCUT2D eigenvalue weighted by Gasteiger charge is -2.33. The summed E-state index contributed by atoms with van der Waals surface area (Å²) < 4.78 is 10.6. The van der Waals surface area contributed by atoms with E-state index in [1.807, 2.05) is 12.3 Å². The van der Waals surface area contributed by atoms with Gasteiger partial charge in [0.25, 0.3) is 0 Å². The molecular formula is C14H23N3O2. The molecule has 2 N–H and O–H groups in total. The Kier molecular flexibility index (Phi) is 4.18. The number of nitrogens with zero attached hydrogens (tertiary/aromatic N) is 2. The van der Waals surface area contributed by atoms with Crippen molar-refractivity contribution >= 4 is 0 Å². The second kappa shape index (κ2) is 6.05. The fraction of sp³-hybridized carbons (Fsp3) is 0.714. The molecule has 3 heterocycles. The van der Waals surface area contributed by atoms with Crippen LogP contribution in [0.25, 0.3) is 0 Å². The van der Waals surface area contributed by atoms with Crippen molar-refractivity contribution < 1.29 is 9.15 Å². The zero-order valence-corrected chi connectivity index (χ0v) is 11.3. The average molecular weight is 265 g/mol. The Morgan fingerprint density at radius 2 is 2.16 bits per heavy atom. The van der Waals surface area contributed by atoms with Crippen LogP contribution in [0.3, 0.4) is 0 Å². The van der Waals surface area contributed by atoms with Crippen molar-refractivity contribution in [1.82, 2.24) is 9.80 Å². The zero-order chi connectivity index (χ0) is 13.1. The Bertz CT molecular complexity index is 376. The van der Waals surface area contributed by atoms with Gasteiger partial charge in [0.05, 0.1) is 31.8 Å². The van der Waals surface area contributed by atoms with Gasteiger partial charge < -0.3 is 14.9 Å². The molecule has 1 aromatic rings. The van der Waals surface area contributed by atoms with Crippen molar-refractivity contribution in [2.24, 2.45) is 5.73 Å². The minimum Gasteiger partial charge on any atom is -0.472 e. The Morgan fingerprint density at radius 1 is 1.32 bits per heavy atom. The molecule has 106 valence electrons. The molecule has 0 radical (unpaired) electrons. The fourth-order valence-corrected chi connectivity index (χ4v) is 3.25. The quantitative estimate of drug-likeness (QED) is 0.868. The van der Waals surface area contributed by atoms with Crippen molar-refractivity contribution in [2.45, 2.75) is 18.5 Å². The number of nitrogens with two attached hydrogens (primary N) is 1. The summed E-state index contributed by atoms with van der Waals surface area (Å²) in [6.07, 6.45) is 4.78. The lowest BCUT2D eigenvalue weighted by atomic mass is 10.1. The molecule has 2 aliphatic rings. The molecule has 2 unspecified atom stereocenters. The summed E-state index contributed by atoms with van der Waals surface area (Å²) in [4.78, 5) is 5.05. The number of rotatable bonds is 4. The maximum absolute atomic E-state index is 5.95. The second-order valence-corrected chi connectivity index (χ2v) is 5.39. The molecule has 5 nitrogen and oxygen atoms in total. The standard InChI is InChI=1S/C14H23N3O2/c15-9-14(12-2-6-19-11-12)17-3-1-13(10-17)16-4-7-18-8-5-16/h2,6,11,13-14H,1,3-5,7-10,15H2. The van der Waals surface area contributed by atoms with Gasteiger partial charge in [0.1, 0.15) is 0 Å². The molecule has 5 heteroatoms. The monoisotopic (exact) mass is 265 g/mol. The highest BCUT2D eigenvalue weighted by Crippen LogP contribution is 2.26. The normalized spacial score (nSPS) is 27.7. The van der Waals surface area contributed by atoms with Crippen LogP contribution in [0.15, 0.2) is 23.0 Å². The maximum atomic E-state index is 5.95. The van der Waals surface area contributed by atoms with Crippen LogP contribution >= 0.6 is 0 Å². The summed E-state index contributed by atoms with van der Waals surface area (Å²) >= 11 is 0. The first kappa shape index (κ1) is 13.1. The maximum Gasteiger partial charge on any atom is 0.0950 e. The topological polar surface area (TPSA) is 54.9 Å². The van der Waals surface area contributed by atoms with Gasteiger partial charge in [0, 0.05) is 44.3 Å². The molecule has 0 aliphatic carbocycles. The summed E-state index contributed by atoms with van der Waals surface area (Å²) in [6.45, 7) is 6.75. The number of ether oxygens (including phenoxy) is 1. The molecular weight excluding hydrogens is 242 g/mol. The van der Waals surface area contributed by atoms with E-state index in [0.717, 1.165) is 39.4 Å². The van der Waals surface area contributed by atoms with E-state index in [0.29, 0.717) is 18.6 Å². The van der Waals surface area contributed by atoms with Gasteiger partial charge in [-0.2, -0.15) is 0 Å². The highest BCUT2D eigenvalue weighted by molar-refractivity contribution is 5.13. The first-order valence-corrected chi connectivity index (χ1v) is 7.16. The molecule has 19 heavy (non-hydrogen) atoms. The molecule has 2 atom stereocenters. The van der Waals surface area contributed by atoms with E-state index in [2.05, 4.69) is 9.80 Å². The van der Waals surface area contributed by atoms with Crippen LogP contribution in [-0.4, -0.2) is 61.8 Å². The second-order valence-electron chi connectivity index (χ2n) is 5.39. The number of likely N-dealkylation sites (tertiary alicyclic amines) is 1. The van der Waals surface area contributed by atoms with Gasteiger partial charge in [0.2, 0.25) is 0 Å². The van der Waals surface area contributed by atoms with Crippen LogP contribution < -0.4 is 5.73 Å². The Labute approximate surface area is 114 Å². The van der Waals surface area contributed by atoms with Gasteiger partial charge in [-0.3, -0.25) is 9.80 Å². The summed E-state index contributed by atoms with van der Waals surface area (Å²) in [5.74, 6) is 0. The lowest BCUT2D eigenvalue weighted by molar-refractivity contribution is 0.0176. The Morgan fingerprint density at radius 3 is 2.84 bits per heavy atom. The van der Waals surface area contributed by atoms with E-state index < -0.39 is 0 Å². The van der Waals surface area contributed by atoms with E-state index in [-0.39, 0.29) is 0 Å². The van der Waals surface area contributed by atoms with Crippen molar-refractivity contribution in [3.63, 3.8) is 0 Å². The Hall–Kier alpha value is -0.880. The highest BCUT2D eigenvalue weighted by atomic mass is 16.5. The molecule has 0 amide bonds. The first-order chi connectivity index (χ1) is 9.38. The van der Waals surface area contributed by atoms with Gasteiger partial charge in [-0.15, -0.1) is 0 Å². The summed E-state index contributed by atoms with van der Waals surface area (Å²) in [5, 5.41) is 0. The van der Waals surface area contributed by atoms with Gasteiger partial charge in [0.15, 0.2) is 0 Å². The summed E-state index contributed by atoms with van der Waals surface area (Å²) in [6, 6.07) is 2.98. The number of hydrogen-bond donors (Lipinski definition) is 1. The smallest absolute Gasteiger partial charge is 0.0950 e. The molecule has 0 aromatic carbocycles. The third-order valence-electron chi connectivity index (χ3n) is 4.35. The molecule has 2 fully saturated rings. The number of morpholine rings is 1. The third-order valence-corrected chi connectivity index (χ3v) is 4.35. The SMILES string of the molecule is NCC(c1ccoc1)N1CCC(N2CCOCC2)C1. The molecule has 0 spiro atoms. The molecule has 2 saturated heterocycles. The predicted molar refractivity (Wildman–Crippen MR) is 72.9 cm³/mol. The van der Waals surface area contributed by atoms with Crippen molar-refractivity contribution in [3.8, 4) is 0 Å². The van der Waals surface area contributed by atoms with E-state index in [1.54, 1.807) is 6.26 Å². The van der Waals surface area contributed by atoms with Gasteiger partial charge in [-0.1, -0.05) is 0 Å². The molecule has 2 aliphatic heterocycles. The Balaban J connectivity index is 1.61. The van der Waals surface area contributed by atoms with Crippen LogP contribution in [-0.2, 0) is 4.74 Å². The van der Waals surface area contributed by atoms with E-state index in [9.17, 15) is 0 Å². The molecule has 0 bridgehead atoms. The highest BCUT2D eigenvalue weighted by Gasteiger charge is 2.32. The van der Waals surface area contributed by atoms with Crippen LogP contribution in [0.2, 0.25) is 0 Å². The van der Waals surface area contributed by atoms with Crippen molar-refractivity contribution in [1.29, 1.82) is 0 Å². The van der Waals surface area contributed by atoms with Crippen molar-refractivity contribution in [2.75, 3.05) is 45.9 Å². The molecule has 3 rings (SSSR count). The third kappa shape index (κ3) is 2.84. The minimum atomic E-state index is 0.296. The van der Waals surface area contributed by atoms with Crippen LogP contribution in [0, 0.1) is 0 Å². The van der Waals surface area contributed by atoms with Crippen LogP contribution in [0.5, 0.6) is 0 Å². The van der Waals surface area contributed by atoms with Crippen LogP contribution in [0.1, 0.15) is 18.0 Å². The zero-order valence-electron chi connectivity index (χ0n) is 11.3. The van der Waals surface area contributed by atoms with Crippen molar-refractivity contribution in [3.05, 3.63) is 24.2 Å². The van der Waals surface area contributed by atoms with Gasteiger partial charge >= 0.3 is 0 Å². The molecule has 0 saturated carbocycles. The summed E-state index contributed by atoms with van der Waals surface area (Å²) in [7, 11) is 0. The number of furan rings is 1. The minimum absolute atomic E-state index is 0.296. The average Bonchev–Trinajstić information content (AvgIpc) is 3.12. The van der Waals surface area contributed by atoms with E-state index >= 15 is 0 Å². The summed E-state index contributed by atoms with van der Waals surface area (Å²) in [5.41, 5.74) is 7.15. The van der Waals surface area contributed by atoms with E-state index in [1.165, 1.54) is 12.0 Å². The fourth-order valence-electron chi connectivity index (χ4n) is 3.25. The van der Waals surface area contributed by atoms with Gasteiger partial charge in [-0.05, 0) is 12.5 Å². The predicted octanol–water partition coefficient (Wildman–Crippen LogP) is 0.686. The largest absolute Gasteiger partial charge is 0.472 e. The number of hydrogen-bond acceptors (Lipinski definition) is 5. The van der Waals surface area contributed by atoms with E-state index in [4.69, 9.17) is 14.9 Å². The lowest BCUT2D eigenvalue weighted by Crippen LogP contribution is -2.45. The van der Waals surface area contributed by atoms with Crippen LogP contribution in [0.4, 0.5) is 0 Å². The molecule has 1 aromatic heterocycles. The van der Waals surface area contributed by atoms with Gasteiger partial charge in [-0.25, -0.2) is 0 Å².